The molecule has 32 heavy (non-hydrogen) atoms. The van der Waals surface area contributed by atoms with Gasteiger partial charge in [-0.1, -0.05) is 63.9 Å². The van der Waals surface area contributed by atoms with E-state index in [1.807, 2.05) is 55.6 Å². The van der Waals surface area contributed by atoms with E-state index in [4.69, 9.17) is 11.6 Å². The molecule has 1 heterocycles. The molecule has 1 aromatic heterocycles. The molecule has 0 bridgehead atoms. The molecule has 4 aromatic rings. The maximum Gasteiger partial charge on any atom is 0.266 e. The van der Waals surface area contributed by atoms with Gasteiger partial charge in [0.05, 0.1) is 0 Å². The average molecular weight is 505 g/mol. The molecule has 0 saturated carbocycles. The number of carbonyl (C=O) groups is 1. The summed E-state index contributed by atoms with van der Waals surface area (Å²) in [6.45, 7) is 2.50. The number of hydrogen-bond acceptors (Lipinski definition) is 2. The molecule has 1 amide bonds. The smallest absolute Gasteiger partial charge is 0.266 e. The largest absolute Gasteiger partial charge is 0.342 e. The van der Waals surface area contributed by atoms with Crippen LogP contribution >= 0.6 is 27.5 Å². The Hall–Kier alpha value is -3.33. The molecular weight excluding hydrogens is 486 g/mol. The quantitative estimate of drug-likeness (QED) is 0.236. The minimum atomic E-state index is -0.470. The van der Waals surface area contributed by atoms with Crippen LogP contribution in [0.2, 0.25) is 5.02 Å². The highest BCUT2D eigenvalue weighted by Gasteiger charge is 2.14. The second-order valence-corrected chi connectivity index (χ2v) is 8.72. The zero-order valence-corrected chi connectivity index (χ0v) is 19.6. The van der Waals surface area contributed by atoms with Crippen molar-refractivity contribution in [2.45, 2.75) is 13.5 Å². The van der Waals surface area contributed by atoms with E-state index in [1.54, 1.807) is 24.3 Å². The van der Waals surface area contributed by atoms with Gasteiger partial charge in [-0.2, -0.15) is 5.26 Å². The Morgan fingerprint density at radius 1 is 1.12 bits per heavy atom. The fraction of sp³-hybridized carbons (Fsp3) is 0.0769. The molecule has 3 aromatic carbocycles. The number of benzene rings is 3. The number of halogens is 2. The summed E-state index contributed by atoms with van der Waals surface area (Å²) in [7, 11) is 0. The van der Waals surface area contributed by atoms with E-state index in [0.717, 1.165) is 32.1 Å². The van der Waals surface area contributed by atoms with Crippen LogP contribution in [0.4, 0.5) is 5.69 Å². The number of anilines is 1. The molecule has 158 valence electrons. The molecule has 0 aliphatic heterocycles. The van der Waals surface area contributed by atoms with E-state index < -0.39 is 5.91 Å². The van der Waals surface area contributed by atoms with Gasteiger partial charge in [-0.15, -0.1) is 0 Å². The number of amides is 1. The number of para-hydroxylation sites is 1. The van der Waals surface area contributed by atoms with Gasteiger partial charge in [0.1, 0.15) is 11.6 Å². The number of nitriles is 1. The average Bonchev–Trinajstić information content (AvgIpc) is 3.14. The number of fused-ring (bicyclic) bond motifs is 1. The summed E-state index contributed by atoms with van der Waals surface area (Å²) >= 11 is 9.61. The lowest BCUT2D eigenvalue weighted by Crippen LogP contribution is -2.14. The van der Waals surface area contributed by atoms with Crippen molar-refractivity contribution in [1.82, 2.24) is 4.57 Å². The number of aromatic nitrogens is 1. The van der Waals surface area contributed by atoms with Crippen molar-refractivity contribution in [3.63, 3.8) is 0 Å². The lowest BCUT2D eigenvalue weighted by Gasteiger charge is -2.08. The Balaban J connectivity index is 1.68. The first-order valence-electron chi connectivity index (χ1n) is 9.97. The van der Waals surface area contributed by atoms with E-state index >= 15 is 0 Å². The van der Waals surface area contributed by atoms with E-state index in [9.17, 15) is 10.1 Å². The Labute approximate surface area is 199 Å². The highest BCUT2D eigenvalue weighted by Crippen LogP contribution is 2.26. The lowest BCUT2D eigenvalue weighted by atomic mass is 10.1. The fourth-order valence-corrected chi connectivity index (χ4v) is 3.98. The van der Waals surface area contributed by atoms with E-state index in [0.29, 0.717) is 17.3 Å². The highest BCUT2D eigenvalue weighted by atomic mass is 79.9. The first-order chi connectivity index (χ1) is 15.5. The summed E-state index contributed by atoms with van der Waals surface area (Å²) in [6.07, 6.45) is 3.61. The van der Waals surface area contributed by atoms with E-state index in [2.05, 4.69) is 37.9 Å². The second-order valence-electron chi connectivity index (χ2n) is 7.39. The van der Waals surface area contributed by atoms with Gasteiger partial charge in [0, 0.05) is 44.4 Å². The SMILES string of the molecule is Cc1c(Cl)cccc1NC(=O)/C(C#N)=C/c1cn(Cc2ccc(Br)cc2)c2ccccc12. The van der Waals surface area contributed by atoms with Crippen LogP contribution in [-0.4, -0.2) is 10.5 Å². The van der Waals surface area contributed by atoms with Crippen molar-refractivity contribution >= 4 is 56.1 Å². The monoisotopic (exact) mass is 503 g/mol. The van der Waals surface area contributed by atoms with Gasteiger partial charge < -0.3 is 9.88 Å². The topological polar surface area (TPSA) is 57.8 Å². The summed E-state index contributed by atoms with van der Waals surface area (Å²) in [5.41, 5.74) is 4.36. The Kier molecular flexibility index (Phi) is 6.45. The molecule has 0 fully saturated rings. The molecular formula is C26H19BrClN3O. The van der Waals surface area contributed by atoms with Crippen LogP contribution in [0.15, 0.2) is 83.0 Å². The standard InChI is InChI=1S/C26H19BrClN3O/c1-17-23(28)6-4-7-24(17)30-26(32)19(14-29)13-20-16-31(25-8-3-2-5-22(20)25)15-18-9-11-21(27)12-10-18/h2-13,16H,15H2,1H3,(H,30,32)/b19-13+. The van der Waals surface area contributed by atoms with Crippen molar-refractivity contribution in [2.24, 2.45) is 0 Å². The predicted molar refractivity (Wildman–Crippen MR) is 134 cm³/mol. The van der Waals surface area contributed by atoms with Crippen LogP contribution in [-0.2, 0) is 11.3 Å². The zero-order valence-electron chi connectivity index (χ0n) is 17.3. The minimum absolute atomic E-state index is 0.0240. The Bertz CT molecular complexity index is 1380. The molecule has 0 radical (unpaired) electrons. The summed E-state index contributed by atoms with van der Waals surface area (Å²) in [5, 5.41) is 14.0. The van der Waals surface area contributed by atoms with Gasteiger partial charge >= 0.3 is 0 Å². The maximum atomic E-state index is 12.8. The highest BCUT2D eigenvalue weighted by molar-refractivity contribution is 9.10. The third-order valence-electron chi connectivity index (χ3n) is 5.27. The van der Waals surface area contributed by atoms with Crippen molar-refractivity contribution in [3.05, 3.63) is 105 Å². The third-order valence-corrected chi connectivity index (χ3v) is 6.20. The lowest BCUT2D eigenvalue weighted by molar-refractivity contribution is -0.112. The molecule has 1 N–H and O–H groups in total. The Morgan fingerprint density at radius 2 is 1.88 bits per heavy atom. The predicted octanol–water partition coefficient (Wildman–Crippen LogP) is 6.96. The van der Waals surface area contributed by atoms with Gasteiger partial charge in [0.25, 0.3) is 5.91 Å². The van der Waals surface area contributed by atoms with Crippen LogP contribution in [0.3, 0.4) is 0 Å². The van der Waals surface area contributed by atoms with E-state index in [-0.39, 0.29) is 5.57 Å². The molecule has 0 aliphatic carbocycles. The van der Waals surface area contributed by atoms with Crippen LogP contribution < -0.4 is 5.32 Å². The summed E-state index contributed by atoms with van der Waals surface area (Å²) in [6, 6.07) is 23.4. The van der Waals surface area contributed by atoms with Gasteiger partial charge in [-0.05, 0) is 54.5 Å². The minimum Gasteiger partial charge on any atom is -0.342 e. The van der Waals surface area contributed by atoms with Crippen LogP contribution in [0.5, 0.6) is 0 Å². The van der Waals surface area contributed by atoms with Crippen molar-refractivity contribution < 1.29 is 4.79 Å². The summed E-state index contributed by atoms with van der Waals surface area (Å²) in [4.78, 5) is 12.8. The van der Waals surface area contributed by atoms with Crippen LogP contribution in [0.1, 0.15) is 16.7 Å². The molecule has 0 unspecified atom stereocenters. The van der Waals surface area contributed by atoms with Gasteiger partial charge in [0.2, 0.25) is 0 Å². The zero-order chi connectivity index (χ0) is 22.7. The van der Waals surface area contributed by atoms with Gasteiger partial charge in [0.15, 0.2) is 0 Å². The van der Waals surface area contributed by atoms with Crippen molar-refractivity contribution in [2.75, 3.05) is 5.32 Å². The number of carbonyl (C=O) groups excluding carboxylic acids is 1. The number of rotatable bonds is 5. The summed E-state index contributed by atoms with van der Waals surface area (Å²) < 4.78 is 3.15. The van der Waals surface area contributed by atoms with Crippen molar-refractivity contribution in [3.8, 4) is 6.07 Å². The van der Waals surface area contributed by atoms with Gasteiger partial charge in [-0.25, -0.2) is 0 Å². The first-order valence-corrected chi connectivity index (χ1v) is 11.1. The summed E-state index contributed by atoms with van der Waals surface area (Å²) in [5.74, 6) is -0.470. The molecule has 0 spiro atoms. The van der Waals surface area contributed by atoms with E-state index in [1.165, 1.54) is 0 Å². The Morgan fingerprint density at radius 3 is 2.62 bits per heavy atom. The first kappa shape index (κ1) is 21.9. The normalized spacial score (nSPS) is 11.4. The fourth-order valence-electron chi connectivity index (χ4n) is 3.54. The van der Waals surface area contributed by atoms with Gasteiger partial charge in [-0.3, -0.25) is 4.79 Å². The van der Waals surface area contributed by atoms with Crippen molar-refractivity contribution in [1.29, 1.82) is 5.26 Å². The molecule has 0 saturated heterocycles. The second kappa shape index (κ2) is 9.44. The number of nitrogens with zero attached hydrogens (tertiary/aromatic N) is 2. The molecule has 0 atom stereocenters. The van der Waals surface area contributed by atoms with Crippen LogP contribution in [0, 0.1) is 18.3 Å². The molecule has 6 heteroatoms. The molecule has 4 nitrogen and oxygen atoms in total. The molecule has 4 rings (SSSR count). The third kappa shape index (κ3) is 4.62. The van der Waals surface area contributed by atoms with Crippen LogP contribution in [0.25, 0.3) is 17.0 Å². The molecule has 0 aliphatic rings. The number of hydrogen-bond donors (Lipinski definition) is 1. The maximum absolute atomic E-state index is 12.8. The number of nitrogens with one attached hydrogen (secondary N) is 1.